The highest BCUT2D eigenvalue weighted by Gasteiger charge is 2.23. The topological polar surface area (TPSA) is 88.3 Å². The van der Waals surface area contributed by atoms with Crippen LogP contribution in [0.2, 0.25) is 0 Å². The SMILES string of the molecule is Cc1nc(CSCC(=O)Nc2c(C)cccc2C(=O)N2CCCC2)no1. The van der Waals surface area contributed by atoms with Gasteiger partial charge in [-0.2, -0.15) is 4.98 Å². The molecule has 2 heterocycles. The first-order valence-electron chi connectivity index (χ1n) is 8.60. The van der Waals surface area contributed by atoms with Gasteiger partial charge in [0.25, 0.3) is 5.91 Å². The zero-order valence-electron chi connectivity index (χ0n) is 14.9. The van der Waals surface area contributed by atoms with Crippen LogP contribution in [0.4, 0.5) is 5.69 Å². The second kappa shape index (κ2) is 8.35. The number of thioether (sulfide) groups is 1. The number of nitrogens with one attached hydrogen (secondary N) is 1. The van der Waals surface area contributed by atoms with Gasteiger partial charge in [-0.25, -0.2) is 0 Å². The second-order valence-electron chi connectivity index (χ2n) is 6.27. The number of likely N-dealkylation sites (tertiary alicyclic amines) is 1. The van der Waals surface area contributed by atoms with Crippen molar-refractivity contribution >= 4 is 29.3 Å². The summed E-state index contributed by atoms with van der Waals surface area (Å²) in [7, 11) is 0. The van der Waals surface area contributed by atoms with Crippen LogP contribution in [0.1, 0.15) is 40.5 Å². The van der Waals surface area contributed by atoms with Gasteiger partial charge in [-0.15, -0.1) is 11.8 Å². The number of carbonyl (C=O) groups excluding carboxylic acids is 2. The molecule has 1 aromatic heterocycles. The van der Waals surface area contributed by atoms with Gasteiger partial charge in [0.1, 0.15) is 0 Å². The Morgan fingerprint density at radius 2 is 2.04 bits per heavy atom. The third-order valence-electron chi connectivity index (χ3n) is 4.19. The Balaban J connectivity index is 1.62. The van der Waals surface area contributed by atoms with Crippen molar-refractivity contribution in [2.24, 2.45) is 0 Å². The number of hydrogen-bond acceptors (Lipinski definition) is 6. The van der Waals surface area contributed by atoms with Gasteiger partial charge in [0.2, 0.25) is 11.8 Å². The number of nitrogens with zero attached hydrogens (tertiary/aromatic N) is 3. The third-order valence-corrected chi connectivity index (χ3v) is 5.12. The molecule has 1 N–H and O–H groups in total. The van der Waals surface area contributed by atoms with Crippen LogP contribution in [0, 0.1) is 13.8 Å². The number of amides is 2. The van der Waals surface area contributed by atoms with Gasteiger partial charge >= 0.3 is 0 Å². The van der Waals surface area contributed by atoms with E-state index in [0.717, 1.165) is 31.5 Å². The lowest BCUT2D eigenvalue weighted by Crippen LogP contribution is -2.29. The number of aryl methyl sites for hydroxylation is 2. The molecule has 26 heavy (non-hydrogen) atoms. The van der Waals surface area contributed by atoms with E-state index < -0.39 is 0 Å². The van der Waals surface area contributed by atoms with E-state index in [1.54, 1.807) is 13.0 Å². The molecule has 0 saturated carbocycles. The van der Waals surface area contributed by atoms with E-state index in [4.69, 9.17) is 4.52 Å². The highest BCUT2D eigenvalue weighted by Crippen LogP contribution is 2.24. The number of carbonyl (C=O) groups is 2. The van der Waals surface area contributed by atoms with Crippen LogP contribution in [-0.4, -0.2) is 45.7 Å². The van der Waals surface area contributed by atoms with Crippen LogP contribution in [0.25, 0.3) is 0 Å². The fourth-order valence-electron chi connectivity index (χ4n) is 2.91. The predicted octanol–water partition coefficient (Wildman–Crippen LogP) is 2.79. The van der Waals surface area contributed by atoms with E-state index >= 15 is 0 Å². The van der Waals surface area contributed by atoms with E-state index in [2.05, 4.69) is 15.5 Å². The van der Waals surface area contributed by atoms with Crippen molar-refractivity contribution in [2.45, 2.75) is 32.4 Å². The van der Waals surface area contributed by atoms with E-state index in [9.17, 15) is 9.59 Å². The van der Waals surface area contributed by atoms with Crippen LogP contribution in [0.3, 0.4) is 0 Å². The maximum atomic E-state index is 12.7. The third kappa shape index (κ3) is 4.43. The van der Waals surface area contributed by atoms with Gasteiger partial charge in [-0.05, 0) is 31.4 Å². The maximum absolute atomic E-state index is 12.7. The summed E-state index contributed by atoms with van der Waals surface area (Å²) in [4.78, 5) is 31.0. The van der Waals surface area contributed by atoms with E-state index in [0.29, 0.717) is 28.7 Å². The zero-order chi connectivity index (χ0) is 18.5. The van der Waals surface area contributed by atoms with Crippen molar-refractivity contribution in [1.82, 2.24) is 15.0 Å². The molecule has 0 unspecified atom stereocenters. The molecule has 0 spiro atoms. The normalized spacial score (nSPS) is 13.8. The van der Waals surface area contributed by atoms with Gasteiger partial charge in [0, 0.05) is 20.0 Å². The molecule has 7 nitrogen and oxygen atoms in total. The fourth-order valence-corrected chi connectivity index (χ4v) is 3.57. The summed E-state index contributed by atoms with van der Waals surface area (Å²) in [6, 6.07) is 5.52. The van der Waals surface area contributed by atoms with Crippen LogP contribution >= 0.6 is 11.8 Å². The molecule has 1 saturated heterocycles. The number of benzene rings is 1. The van der Waals surface area contributed by atoms with Crippen molar-refractivity contribution in [1.29, 1.82) is 0 Å². The molecular formula is C18H22N4O3S. The molecule has 1 aliphatic rings. The van der Waals surface area contributed by atoms with E-state index in [1.165, 1.54) is 11.8 Å². The molecule has 2 amide bonds. The lowest BCUT2D eigenvalue weighted by atomic mass is 10.1. The molecule has 0 bridgehead atoms. The maximum Gasteiger partial charge on any atom is 0.255 e. The minimum atomic E-state index is -0.153. The van der Waals surface area contributed by atoms with Gasteiger partial charge in [-0.1, -0.05) is 17.3 Å². The second-order valence-corrected chi connectivity index (χ2v) is 7.25. The number of rotatable bonds is 6. The molecule has 1 aliphatic heterocycles. The minimum Gasteiger partial charge on any atom is -0.340 e. The zero-order valence-corrected chi connectivity index (χ0v) is 15.8. The summed E-state index contributed by atoms with van der Waals surface area (Å²) >= 11 is 1.40. The summed E-state index contributed by atoms with van der Waals surface area (Å²) in [5, 5.41) is 6.71. The van der Waals surface area contributed by atoms with Crippen LogP contribution < -0.4 is 5.32 Å². The van der Waals surface area contributed by atoms with Crippen molar-refractivity contribution in [3.05, 3.63) is 41.0 Å². The standard InChI is InChI=1S/C18H22N4O3S/c1-12-6-5-7-14(18(24)22-8-3-4-9-22)17(12)20-16(23)11-26-10-15-19-13(2)25-21-15/h5-7H,3-4,8-11H2,1-2H3,(H,20,23). The van der Waals surface area contributed by atoms with Gasteiger partial charge in [-0.3, -0.25) is 9.59 Å². The molecule has 8 heteroatoms. The molecule has 0 radical (unpaired) electrons. The Kier molecular flexibility index (Phi) is 5.92. The van der Waals surface area contributed by atoms with E-state index in [1.807, 2.05) is 24.0 Å². The molecular weight excluding hydrogens is 352 g/mol. The smallest absolute Gasteiger partial charge is 0.255 e. The lowest BCUT2D eigenvalue weighted by molar-refractivity contribution is -0.113. The minimum absolute atomic E-state index is 0.0172. The Morgan fingerprint density at radius 3 is 2.73 bits per heavy atom. The van der Waals surface area contributed by atoms with Crippen LogP contribution in [0.5, 0.6) is 0 Å². The Morgan fingerprint density at radius 1 is 1.27 bits per heavy atom. The summed E-state index contributed by atoms with van der Waals surface area (Å²) in [5.74, 6) is 1.66. The Hall–Kier alpha value is -2.35. The predicted molar refractivity (Wildman–Crippen MR) is 100 cm³/mol. The first-order valence-corrected chi connectivity index (χ1v) is 9.76. The summed E-state index contributed by atoms with van der Waals surface area (Å²) in [6.07, 6.45) is 2.07. The number of hydrogen-bond donors (Lipinski definition) is 1. The largest absolute Gasteiger partial charge is 0.340 e. The van der Waals surface area contributed by atoms with Crippen LogP contribution in [0.15, 0.2) is 22.7 Å². The summed E-state index contributed by atoms with van der Waals surface area (Å²) < 4.78 is 4.91. The van der Waals surface area contributed by atoms with Gasteiger partial charge in [0.05, 0.1) is 22.8 Å². The summed E-state index contributed by atoms with van der Waals surface area (Å²) in [5.41, 5.74) is 2.03. The average Bonchev–Trinajstić information content (AvgIpc) is 3.28. The monoisotopic (exact) mass is 374 g/mol. The number of anilines is 1. The van der Waals surface area contributed by atoms with Crippen LogP contribution in [-0.2, 0) is 10.5 Å². The highest BCUT2D eigenvalue weighted by molar-refractivity contribution is 7.99. The Labute approximate surface area is 156 Å². The van der Waals surface area contributed by atoms with Crippen molar-refractivity contribution in [2.75, 3.05) is 24.2 Å². The highest BCUT2D eigenvalue weighted by atomic mass is 32.2. The van der Waals surface area contributed by atoms with Gasteiger partial charge < -0.3 is 14.7 Å². The fraction of sp³-hybridized carbons (Fsp3) is 0.444. The summed E-state index contributed by atoms with van der Waals surface area (Å²) in [6.45, 7) is 5.18. The Bertz CT molecular complexity index is 799. The van der Waals surface area contributed by atoms with Crippen molar-refractivity contribution in [3.63, 3.8) is 0 Å². The number of para-hydroxylation sites is 1. The average molecular weight is 374 g/mol. The van der Waals surface area contributed by atoms with E-state index in [-0.39, 0.29) is 17.6 Å². The van der Waals surface area contributed by atoms with Crippen molar-refractivity contribution < 1.29 is 14.1 Å². The molecule has 1 aromatic carbocycles. The first-order chi connectivity index (χ1) is 12.5. The quantitative estimate of drug-likeness (QED) is 0.836. The molecule has 0 aliphatic carbocycles. The number of aromatic nitrogens is 2. The van der Waals surface area contributed by atoms with Crippen molar-refractivity contribution in [3.8, 4) is 0 Å². The van der Waals surface area contributed by atoms with Gasteiger partial charge in [0.15, 0.2) is 5.82 Å². The first kappa shape index (κ1) is 18.4. The molecule has 2 aromatic rings. The molecule has 138 valence electrons. The lowest BCUT2D eigenvalue weighted by Gasteiger charge is -2.19. The molecule has 3 rings (SSSR count). The molecule has 0 atom stereocenters. The molecule has 1 fully saturated rings.